The molecule has 0 aromatic heterocycles. The lowest BCUT2D eigenvalue weighted by molar-refractivity contribution is -0.152. The fraction of sp³-hybridized carbons (Fsp3) is 0.625. The summed E-state index contributed by atoms with van der Waals surface area (Å²) in [6.07, 6.45) is 1.64. The lowest BCUT2D eigenvalue weighted by atomic mass is 9.85. The number of alkyl carbamates (subject to hydrolysis) is 1. The van der Waals surface area contributed by atoms with Gasteiger partial charge in [-0.25, -0.2) is 9.59 Å². The monoisotopic (exact) mass is 522 g/mol. The van der Waals surface area contributed by atoms with Crippen molar-refractivity contribution >= 4 is 41.4 Å². The van der Waals surface area contributed by atoms with Gasteiger partial charge in [-0.1, -0.05) is 38.4 Å². The van der Waals surface area contributed by atoms with Crippen LogP contribution >= 0.6 is 0 Å². The van der Waals surface area contributed by atoms with Gasteiger partial charge in [0, 0.05) is 13.0 Å². The van der Waals surface area contributed by atoms with Crippen molar-refractivity contribution in [2.24, 2.45) is 5.41 Å². The van der Waals surface area contributed by atoms with Crippen LogP contribution in [0.3, 0.4) is 0 Å². The van der Waals surface area contributed by atoms with Gasteiger partial charge in [-0.15, -0.1) is 0 Å². The molecular formula is C24H35BN2O8S. The standard InChI is InChI=1S/C24H35BN2O8S/c1-24(2,3)20(26-23(30)34-16-7-5-6-8-16)21(28)27-14-17(13-19(27)22(29)33-4)35-36(31,32)18-11-9-15(25)10-12-18/h9-12,16-17,19-20H,5-8,13-14,25H2,1-4H3,(H,26,30)/t17-,19-,20+/m0/s1. The highest BCUT2D eigenvalue weighted by Gasteiger charge is 2.47. The number of methoxy groups -OCH3 is 1. The van der Waals surface area contributed by atoms with Gasteiger partial charge < -0.3 is 19.7 Å². The molecule has 1 aliphatic heterocycles. The lowest BCUT2D eigenvalue weighted by Gasteiger charge is -2.35. The Kier molecular flexibility index (Phi) is 8.71. The minimum atomic E-state index is -4.13. The molecule has 36 heavy (non-hydrogen) atoms. The van der Waals surface area contributed by atoms with E-state index in [2.05, 4.69) is 5.32 Å². The van der Waals surface area contributed by atoms with E-state index in [0.29, 0.717) is 0 Å². The molecule has 0 spiro atoms. The second-order valence-electron chi connectivity index (χ2n) is 10.5. The molecule has 0 radical (unpaired) electrons. The summed E-state index contributed by atoms with van der Waals surface area (Å²) in [7, 11) is -1.10. The predicted molar refractivity (Wildman–Crippen MR) is 134 cm³/mol. The summed E-state index contributed by atoms with van der Waals surface area (Å²) in [5, 5.41) is 2.67. The van der Waals surface area contributed by atoms with Gasteiger partial charge in [0.1, 0.15) is 26.0 Å². The normalized spacial score (nSPS) is 21.7. The molecular weight excluding hydrogens is 487 g/mol. The highest BCUT2D eigenvalue weighted by Crippen LogP contribution is 2.29. The van der Waals surface area contributed by atoms with Crippen LogP contribution in [0.15, 0.2) is 29.2 Å². The summed E-state index contributed by atoms with van der Waals surface area (Å²) in [6.45, 7) is 5.19. The number of rotatable bonds is 7. The predicted octanol–water partition coefficient (Wildman–Crippen LogP) is 0.876. The topological polar surface area (TPSA) is 128 Å². The first-order valence-electron chi connectivity index (χ1n) is 12.2. The summed E-state index contributed by atoms with van der Waals surface area (Å²) < 4.78 is 41.4. The van der Waals surface area contributed by atoms with E-state index >= 15 is 0 Å². The maximum atomic E-state index is 13.7. The molecule has 1 aliphatic carbocycles. The second kappa shape index (κ2) is 11.2. The molecule has 3 rings (SSSR count). The average Bonchev–Trinajstić information content (AvgIpc) is 3.45. The number of ether oxygens (including phenoxy) is 2. The van der Waals surface area contributed by atoms with Gasteiger partial charge in [0.05, 0.1) is 18.1 Å². The van der Waals surface area contributed by atoms with Gasteiger partial charge in [-0.3, -0.25) is 8.98 Å². The fourth-order valence-electron chi connectivity index (χ4n) is 4.53. The Bertz CT molecular complexity index is 1060. The first-order valence-corrected chi connectivity index (χ1v) is 13.6. The highest BCUT2D eigenvalue weighted by molar-refractivity contribution is 7.86. The van der Waals surface area contributed by atoms with Crippen molar-refractivity contribution in [1.29, 1.82) is 0 Å². The molecule has 0 unspecified atom stereocenters. The molecule has 198 valence electrons. The Morgan fingerprint density at radius 2 is 1.69 bits per heavy atom. The van der Waals surface area contributed by atoms with E-state index in [4.69, 9.17) is 13.7 Å². The van der Waals surface area contributed by atoms with Gasteiger partial charge in [-0.2, -0.15) is 8.42 Å². The molecule has 1 saturated heterocycles. The number of hydrogen-bond acceptors (Lipinski definition) is 8. The van der Waals surface area contributed by atoms with Gasteiger partial charge in [0.25, 0.3) is 10.1 Å². The minimum Gasteiger partial charge on any atom is -0.467 e. The van der Waals surface area contributed by atoms with E-state index in [9.17, 15) is 22.8 Å². The minimum absolute atomic E-state index is 0.0172. The quantitative estimate of drug-likeness (QED) is 0.318. The number of carbonyl (C=O) groups is 3. The number of amides is 2. The maximum Gasteiger partial charge on any atom is 0.408 e. The van der Waals surface area contributed by atoms with Crippen molar-refractivity contribution in [1.82, 2.24) is 10.2 Å². The van der Waals surface area contributed by atoms with Crippen LogP contribution in [0.1, 0.15) is 52.9 Å². The second-order valence-corrected chi connectivity index (χ2v) is 12.1. The van der Waals surface area contributed by atoms with Crippen molar-refractivity contribution in [3.05, 3.63) is 24.3 Å². The van der Waals surface area contributed by atoms with Crippen molar-refractivity contribution in [3.63, 3.8) is 0 Å². The summed E-state index contributed by atoms with van der Waals surface area (Å²) >= 11 is 0. The van der Waals surface area contributed by atoms with E-state index < -0.39 is 51.7 Å². The third-order valence-corrected chi connectivity index (χ3v) is 7.92. The molecule has 1 N–H and O–H groups in total. The van der Waals surface area contributed by atoms with Gasteiger partial charge in [0.15, 0.2) is 0 Å². The molecule has 1 heterocycles. The number of carbonyl (C=O) groups excluding carboxylic acids is 3. The third-order valence-electron chi connectivity index (χ3n) is 6.54. The maximum absolute atomic E-state index is 13.7. The molecule has 2 fully saturated rings. The Morgan fingerprint density at radius 3 is 2.25 bits per heavy atom. The molecule has 2 aliphatic rings. The summed E-state index contributed by atoms with van der Waals surface area (Å²) in [5.41, 5.74) is 0.170. The van der Waals surface area contributed by atoms with Crippen molar-refractivity contribution < 1.29 is 36.5 Å². The van der Waals surface area contributed by atoms with Crippen LogP contribution in [0.4, 0.5) is 4.79 Å². The fourth-order valence-corrected chi connectivity index (χ4v) is 5.61. The van der Waals surface area contributed by atoms with Crippen LogP contribution in [0.5, 0.6) is 0 Å². The first-order chi connectivity index (χ1) is 16.8. The van der Waals surface area contributed by atoms with E-state index in [-0.39, 0.29) is 24.0 Å². The summed E-state index contributed by atoms with van der Waals surface area (Å²) in [5.74, 6) is -1.23. The van der Waals surface area contributed by atoms with Crippen LogP contribution in [0.25, 0.3) is 0 Å². The van der Waals surface area contributed by atoms with Gasteiger partial charge in [-0.05, 0) is 43.2 Å². The Labute approximate surface area is 213 Å². The Hall–Kier alpha value is -2.60. The van der Waals surface area contributed by atoms with Crippen LogP contribution in [-0.4, -0.2) is 77.1 Å². The number of nitrogens with one attached hydrogen (secondary N) is 1. The number of likely N-dealkylation sites (tertiary alicyclic amines) is 1. The number of nitrogens with zero attached hydrogens (tertiary/aromatic N) is 1. The Balaban J connectivity index is 1.78. The molecule has 1 aromatic rings. The molecule has 10 nitrogen and oxygen atoms in total. The largest absolute Gasteiger partial charge is 0.467 e. The molecule has 3 atom stereocenters. The lowest BCUT2D eigenvalue weighted by Crippen LogP contribution is -2.57. The van der Waals surface area contributed by atoms with Crippen LogP contribution in [-0.2, 0) is 33.4 Å². The smallest absolute Gasteiger partial charge is 0.408 e. The zero-order valence-corrected chi connectivity index (χ0v) is 22.3. The SMILES string of the molecule is Bc1ccc(S(=O)(=O)O[C@H]2C[C@@H](C(=O)OC)N(C(=O)[C@@H](NC(=O)OC3CCCC3)C(C)(C)C)C2)cc1. The zero-order valence-electron chi connectivity index (χ0n) is 21.5. The van der Waals surface area contributed by atoms with Gasteiger partial charge >= 0.3 is 12.1 Å². The number of benzene rings is 1. The summed E-state index contributed by atoms with van der Waals surface area (Å²) in [6, 6.07) is 4.11. The van der Waals surface area contributed by atoms with Crippen molar-refractivity contribution in [3.8, 4) is 0 Å². The van der Waals surface area contributed by atoms with Crippen molar-refractivity contribution in [2.45, 2.75) is 82.1 Å². The first kappa shape index (κ1) is 28.0. The Morgan fingerprint density at radius 1 is 1.08 bits per heavy atom. The van der Waals surface area contributed by atoms with Crippen LogP contribution < -0.4 is 10.8 Å². The van der Waals surface area contributed by atoms with E-state index in [0.717, 1.165) is 31.1 Å². The zero-order chi connectivity index (χ0) is 26.7. The van der Waals surface area contributed by atoms with E-state index in [1.165, 1.54) is 24.1 Å². The molecule has 0 bridgehead atoms. The molecule has 1 saturated carbocycles. The molecule has 12 heteroatoms. The average molecular weight is 522 g/mol. The molecule has 1 aromatic carbocycles. The van der Waals surface area contributed by atoms with Crippen LogP contribution in [0, 0.1) is 5.41 Å². The van der Waals surface area contributed by atoms with E-state index in [1.807, 2.05) is 7.85 Å². The molecule has 2 amide bonds. The third kappa shape index (κ3) is 6.79. The summed E-state index contributed by atoms with van der Waals surface area (Å²) in [4.78, 5) is 40.0. The number of esters is 1. The van der Waals surface area contributed by atoms with E-state index in [1.54, 1.807) is 32.9 Å². The van der Waals surface area contributed by atoms with Crippen LogP contribution in [0.2, 0.25) is 0 Å². The van der Waals surface area contributed by atoms with Crippen molar-refractivity contribution in [2.75, 3.05) is 13.7 Å². The number of hydrogen-bond donors (Lipinski definition) is 1. The highest BCUT2D eigenvalue weighted by atomic mass is 32.2. The van der Waals surface area contributed by atoms with Gasteiger partial charge in [0.2, 0.25) is 5.91 Å².